The largest absolute Gasteiger partial charge is 0.377 e. The standard InChI is InChI=1S/C16H27NO/c1-12-8-10-14(11-9-12)17-13(2)15-6-4-5-7-16(15)18-3/h6,8,10,12-14,16-17H,4-5,7,9,11H2,1-3H3/t12-,13?,14?,16?/m1/s1. The van der Waals surface area contributed by atoms with Gasteiger partial charge < -0.3 is 10.1 Å². The van der Waals surface area contributed by atoms with Gasteiger partial charge in [0.05, 0.1) is 6.10 Å². The summed E-state index contributed by atoms with van der Waals surface area (Å²) < 4.78 is 5.60. The van der Waals surface area contributed by atoms with Crippen molar-refractivity contribution in [2.24, 2.45) is 5.92 Å². The molecule has 102 valence electrons. The smallest absolute Gasteiger partial charge is 0.0796 e. The fraction of sp³-hybridized carbons (Fsp3) is 0.750. The van der Waals surface area contributed by atoms with Gasteiger partial charge in [-0.15, -0.1) is 0 Å². The highest BCUT2D eigenvalue weighted by molar-refractivity contribution is 5.19. The van der Waals surface area contributed by atoms with E-state index in [9.17, 15) is 0 Å². The quantitative estimate of drug-likeness (QED) is 0.771. The number of nitrogens with one attached hydrogen (secondary N) is 1. The molecule has 0 aromatic heterocycles. The van der Waals surface area contributed by atoms with Crippen LogP contribution in [0.2, 0.25) is 0 Å². The molecule has 0 saturated carbocycles. The van der Waals surface area contributed by atoms with E-state index in [1.54, 1.807) is 0 Å². The minimum Gasteiger partial charge on any atom is -0.377 e. The van der Waals surface area contributed by atoms with Gasteiger partial charge in [0.2, 0.25) is 0 Å². The van der Waals surface area contributed by atoms with Crippen molar-refractivity contribution in [1.82, 2.24) is 5.32 Å². The van der Waals surface area contributed by atoms with Gasteiger partial charge in [-0.25, -0.2) is 0 Å². The van der Waals surface area contributed by atoms with Gasteiger partial charge in [-0.05, 0) is 50.5 Å². The summed E-state index contributed by atoms with van der Waals surface area (Å²) in [4.78, 5) is 0. The molecule has 0 aliphatic heterocycles. The van der Waals surface area contributed by atoms with E-state index in [0.29, 0.717) is 18.2 Å². The highest BCUT2D eigenvalue weighted by atomic mass is 16.5. The fourth-order valence-corrected chi connectivity index (χ4v) is 3.09. The van der Waals surface area contributed by atoms with Crippen LogP contribution in [0.4, 0.5) is 0 Å². The normalized spacial score (nSPS) is 34.2. The first-order chi connectivity index (χ1) is 8.70. The molecule has 0 aromatic rings. The van der Waals surface area contributed by atoms with E-state index in [0.717, 1.165) is 5.92 Å². The van der Waals surface area contributed by atoms with Crippen molar-refractivity contribution in [3.63, 3.8) is 0 Å². The molecule has 0 fully saturated rings. The third-order valence-corrected chi connectivity index (χ3v) is 4.28. The van der Waals surface area contributed by atoms with Gasteiger partial charge in [0.25, 0.3) is 0 Å². The second-order valence-electron chi connectivity index (χ2n) is 5.79. The van der Waals surface area contributed by atoms with Crippen molar-refractivity contribution in [1.29, 1.82) is 0 Å². The van der Waals surface area contributed by atoms with E-state index < -0.39 is 0 Å². The Kier molecular flexibility index (Phi) is 5.02. The molecule has 18 heavy (non-hydrogen) atoms. The van der Waals surface area contributed by atoms with Crippen LogP contribution in [-0.4, -0.2) is 25.3 Å². The third-order valence-electron chi connectivity index (χ3n) is 4.28. The summed E-state index contributed by atoms with van der Waals surface area (Å²) in [7, 11) is 1.83. The maximum absolute atomic E-state index is 5.60. The first-order valence-corrected chi connectivity index (χ1v) is 7.38. The lowest BCUT2D eigenvalue weighted by atomic mass is 9.89. The van der Waals surface area contributed by atoms with Crippen molar-refractivity contribution in [3.05, 3.63) is 23.8 Å². The summed E-state index contributed by atoms with van der Waals surface area (Å²) >= 11 is 0. The van der Waals surface area contributed by atoms with Crippen LogP contribution in [0.3, 0.4) is 0 Å². The van der Waals surface area contributed by atoms with E-state index in [-0.39, 0.29) is 0 Å². The van der Waals surface area contributed by atoms with Gasteiger partial charge >= 0.3 is 0 Å². The number of allylic oxidation sites excluding steroid dienone is 2. The van der Waals surface area contributed by atoms with Crippen LogP contribution >= 0.6 is 0 Å². The molecule has 0 bridgehead atoms. The zero-order chi connectivity index (χ0) is 13.0. The summed E-state index contributed by atoms with van der Waals surface area (Å²) in [6.45, 7) is 4.57. The average Bonchev–Trinajstić information content (AvgIpc) is 2.41. The molecule has 0 amide bonds. The number of rotatable bonds is 4. The summed E-state index contributed by atoms with van der Waals surface area (Å²) in [5.41, 5.74) is 1.45. The number of hydrogen-bond acceptors (Lipinski definition) is 2. The molecule has 2 aliphatic rings. The fourth-order valence-electron chi connectivity index (χ4n) is 3.09. The number of hydrogen-bond donors (Lipinski definition) is 1. The molecular weight excluding hydrogens is 222 g/mol. The molecule has 0 radical (unpaired) electrons. The highest BCUT2D eigenvalue weighted by Gasteiger charge is 2.23. The van der Waals surface area contributed by atoms with Gasteiger partial charge in [-0.2, -0.15) is 0 Å². The Hall–Kier alpha value is -0.600. The molecule has 0 saturated heterocycles. The summed E-state index contributed by atoms with van der Waals surface area (Å²) in [5, 5.41) is 3.74. The lowest BCUT2D eigenvalue weighted by molar-refractivity contribution is 0.111. The van der Waals surface area contributed by atoms with Gasteiger partial charge in [-0.1, -0.05) is 25.2 Å². The second-order valence-corrected chi connectivity index (χ2v) is 5.79. The Balaban J connectivity index is 1.92. The van der Waals surface area contributed by atoms with Crippen molar-refractivity contribution in [2.75, 3.05) is 7.11 Å². The number of methoxy groups -OCH3 is 1. The van der Waals surface area contributed by atoms with Crippen molar-refractivity contribution < 1.29 is 4.74 Å². The van der Waals surface area contributed by atoms with Gasteiger partial charge in [0.15, 0.2) is 0 Å². The zero-order valence-electron chi connectivity index (χ0n) is 12.0. The Morgan fingerprint density at radius 2 is 2.11 bits per heavy atom. The van der Waals surface area contributed by atoms with Gasteiger partial charge in [-0.3, -0.25) is 0 Å². The molecule has 0 aromatic carbocycles. The topological polar surface area (TPSA) is 21.3 Å². The van der Waals surface area contributed by atoms with Crippen molar-refractivity contribution in [3.8, 4) is 0 Å². The predicted molar refractivity (Wildman–Crippen MR) is 76.7 cm³/mol. The monoisotopic (exact) mass is 249 g/mol. The van der Waals surface area contributed by atoms with Crippen molar-refractivity contribution in [2.45, 2.75) is 64.1 Å². The Morgan fingerprint density at radius 3 is 2.78 bits per heavy atom. The average molecular weight is 249 g/mol. The van der Waals surface area contributed by atoms with Crippen LogP contribution in [0.5, 0.6) is 0 Å². The minimum atomic E-state index is 0.327. The number of ether oxygens (including phenoxy) is 1. The van der Waals surface area contributed by atoms with Crippen LogP contribution in [0.1, 0.15) is 46.0 Å². The lowest BCUT2D eigenvalue weighted by Crippen LogP contribution is -2.41. The first kappa shape index (κ1) is 13.8. The van der Waals surface area contributed by atoms with E-state index in [1.165, 1.54) is 37.7 Å². The molecule has 0 heterocycles. The Bertz CT molecular complexity index is 321. The molecule has 4 atom stereocenters. The molecule has 2 nitrogen and oxygen atoms in total. The summed E-state index contributed by atoms with van der Waals surface area (Å²) in [6.07, 6.45) is 13.6. The predicted octanol–water partition coefficient (Wildman–Crippen LogP) is 3.44. The molecule has 1 N–H and O–H groups in total. The second kappa shape index (κ2) is 6.53. The van der Waals surface area contributed by atoms with Crippen LogP contribution in [-0.2, 0) is 4.74 Å². The van der Waals surface area contributed by atoms with Crippen LogP contribution < -0.4 is 5.32 Å². The SMILES string of the molecule is COC1CCCC=C1C(C)NC1C=C[C@@H](C)CC1. The van der Waals surface area contributed by atoms with E-state index in [4.69, 9.17) is 4.74 Å². The van der Waals surface area contributed by atoms with Crippen LogP contribution in [0.25, 0.3) is 0 Å². The van der Waals surface area contributed by atoms with Crippen LogP contribution in [0.15, 0.2) is 23.8 Å². The van der Waals surface area contributed by atoms with Gasteiger partial charge in [0, 0.05) is 19.2 Å². The van der Waals surface area contributed by atoms with Crippen LogP contribution in [0, 0.1) is 5.92 Å². The molecule has 0 spiro atoms. The lowest BCUT2D eigenvalue weighted by Gasteiger charge is -2.31. The molecule has 3 unspecified atom stereocenters. The van der Waals surface area contributed by atoms with Crippen molar-refractivity contribution >= 4 is 0 Å². The summed E-state index contributed by atoms with van der Waals surface area (Å²) in [5.74, 6) is 0.749. The maximum Gasteiger partial charge on any atom is 0.0796 e. The molecule has 2 rings (SSSR count). The zero-order valence-corrected chi connectivity index (χ0v) is 12.0. The maximum atomic E-state index is 5.60. The molecule has 2 aliphatic carbocycles. The molecule has 2 heteroatoms. The van der Waals surface area contributed by atoms with Gasteiger partial charge in [0.1, 0.15) is 0 Å². The Labute approximate surface area is 111 Å². The Morgan fingerprint density at radius 1 is 1.28 bits per heavy atom. The van der Waals surface area contributed by atoms with E-state index in [2.05, 4.69) is 37.4 Å². The third kappa shape index (κ3) is 3.46. The van der Waals surface area contributed by atoms with E-state index in [1.807, 2.05) is 7.11 Å². The van der Waals surface area contributed by atoms with E-state index >= 15 is 0 Å². The molecular formula is C16H27NO. The highest BCUT2D eigenvalue weighted by Crippen LogP contribution is 2.25. The summed E-state index contributed by atoms with van der Waals surface area (Å²) in [6, 6.07) is 0.967. The first-order valence-electron chi connectivity index (χ1n) is 7.38. The minimum absolute atomic E-state index is 0.327.